The predicted molar refractivity (Wildman–Crippen MR) is 126 cm³/mol. The molecule has 0 bridgehead atoms. The molecule has 1 aliphatic rings. The maximum Gasteiger partial charge on any atom is 0.243 e. The predicted octanol–water partition coefficient (Wildman–Crippen LogP) is 2.95. The summed E-state index contributed by atoms with van der Waals surface area (Å²) in [6.45, 7) is 4.36. The van der Waals surface area contributed by atoms with Gasteiger partial charge in [0.15, 0.2) is 5.16 Å². The number of aryl methyl sites for hydroxylation is 1. The van der Waals surface area contributed by atoms with E-state index in [2.05, 4.69) is 21.7 Å². The van der Waals surface area contributed by atoms with Crippen molar-refractivity contribution in [2.24, 2.45) is 0 Å². The van der Waals surface area contributed by atoms with Crippen LogP contribution in [-0.4, -0.2) is 63.3 Å². The van der Waals surface area contributed by atoms with Gasteiger partial charge in [0.1, 0.15) is 12.2 Å². The lowest BCUT2D eigenvalue weighted by atomic mass is 10.3. The number of para-hydroxylation sites is 1. The van der Waals surface area contributed by atoms with Crippen LogP contribution in [0, 0.1) is 0 Å². The Bertz CT molecular complexity index is 1360. The number of benzene rings is 2. The van der Waals surface area contributed by atoms with Crippen LogP contribution in [0.15, 0.2) is 64.9 Å². The summed E-state index contributed by atoms with van der Waals surface area (Å²) < 4.78 is 36.9. The molecule has 0 N–H and O–H groups in total. The molecular formula is C22H24N6O3S2. The minimum absolute atomic E-state index is 0.265. The highest BCUT2D eigenvalue weighted by molar-refractivity contribution is 7.98. The second-order valence-electron chi connectivity index (χ2n) is 7.55. The summed E-state index contributed by atoms with van der Waals surface area (Å²) in [5.74, 6) is 1.44. The molecule has 0 radical (unpaired) electrons. The van der Waals surface area contributed by atoms with Crippen molar-refractivity contribution < 1.29 is 13.2 Å². The molecular weight excluding hydrogens is 460 g/mol. The molecule has 2 aromatic carbocycles. The van der Waals surface area contributed by atoms with Crippen LogP contribution in [0.2, 0.25) is 0 Å². The van der Waals surface area contributed by atoms with E-state index < -0.39 is 10.0 Å². The van der Waals surface area contributed by atoms with Crippen molar-refractivity contribution in [1.29, 1.82) is 0 Å². The molecule has 5 rings (SSSR count). The number of hydrogen-bond acceptors (Lipinski definition) is 7. The average Bonchev–Trinajstić information content (AvgIpc) is 3.47. The van der Waals surface area contributed by atoms with Crippen molar-refractivity contribution in [3.63, 3.8) is 0 Å². The summed E-state index contributed by atoms with van der Waals surface area (Å²) in [6.07, 6.45) is 1.70. The number of imidazole rings is 1. The zero-order valence-corrected chi connectivity index (χ0v) is 19.8. The largest absolute Gasteiger partial charge is 0.379 e. The average molecular weight is 485 g/mol. The molecule has 9 nitrogen and oxygen atoms in total. The number of ether oxygens (including phenoxy) is 1. The molecule has 172 valence electrons. The first-order valence-electron chi connectivity index (χ1n) is 10.7. The Balaban J connectivity index is 1.42. The van der Waals surface area contributed by atoms with Crippen molar-refractivity contribution in [2.75, 3.05) is 26.3 Å². The molecule has 2 aromatic heterocycles. The van der Waals surface area contributed by atoms with Crippen molar-refractivity contribution in [1.82, 2.24) is 28.6 Å². The van der Waals surface area contributed by atoms with Gasteiger partial charge in [-0.1, -0.05) is 30.0 Å². The number of rotatable bonds is 7. The third-order valence-corrected chi connectivity index (χ3v) is 8.44. The van der Waals surface area contributed by atoms with Crippen LogP contribution in [-0.2, 0) is 27.1 Å². The first-order chi connectivity index (χ1) is 16.1. The van der Waals surface area contributed by atoms with E-state index in [1.165, 1.54) is 4.31 Å². The van der Waals surface area contributed by atoms with Crippen LogP contribution in [0.4, 0.5) is 0 Å². The maximum atomic E-state index is 13.1. The molecule has 4 aromatic rings. The Labute approximate surface area is 196 Å². The Morgan fingerprint density at radius 3 is 2.64 bits per heavy atom. The molecule has 0 saturated carbocycles. The minimum Gasteiger partial charge on any atom is -0.379 e. The number of nitrogens with zero attached hydrogens (tertiary/aromatic N) is 6. The van der Waals surface area contributed by atoms with Crippen LogP contribution < -0.4 is 0 Å². The second-order valence-corrected chi connectivity index (χ2v) is 10.4. The summed E-state index contributed by atoms with van der Waals surface area (Å²) in [7, 11) is -3.57. The van der Waals surface area contributed by atoms with E-state index in [0.29, 0.717) is 37.6 Å². The quantitative estimate of drug-likeness (QED) is 0.372. The van der Waals surface area contributed by atoms with Crippen molar-refractivity contribution in [3.05, 3.63) is 60.7 Å². The highest BCUT2D eigenvalue weighted by Gasteiger charge is 2.27. The summed E-state index contributed by atoms with van der Waals surface area (Å²) in [5.41, 5.74) is 2.58. The van der Waals surface area contributed by atoms with E-state index in [1.54, 1.807) is 30.2 Å². The van der Waals surface area contributed by atoms with Gasteiger partial charge in [0.05, 0.1) is 34.9 Å². The zero-order valence-electron chi connectivity index (χ0n) is 18.2. The number of thioether (sulfide) groups is 1. The maximum absolute atomic E-state index is 13.1. The van der Waals surface area contributed by atoms with E-state index in [0.717, 1.165) is 28.7 Å². The van der Waals surface area contributed by atoms with Gasteiger partial charge in [0.2, 0.25) is 10.0 Å². The van der Waals surface area contributed by atoms with E-state index in [9.17, 15) is 8.42 Å². The molecule has 0 atom stereocenters. The van der Waals surface area contributed by atoms with Gasteiger partial charge in [-0.3, -0.25) is 4.57 Å². The van der Waals surface area contributed by atoms with E-state index in [1.807, 2.05) is 41.0 Å². The molecule has 1 saturated heterocycles. The van der Waals surface area contributed by atoms with Gasteiger partial charge in [0.25, 0.3) is 0 Å². The molecule has 3 heterocycles. The highest BCUT2D eigenvalue weighted by atomic mass is 32.2. The van der Waals surface area contributed by atoms with Crippen LogP contribution in [0.25, 0.3) is 16.7 Å². The molecule has 1 fully saturated rings. The fourth-order valence-electron chi connectivity index (χ4n) is 3.94. The lowest BCUT2D eigenvalue weighted by Crippen LogP contribution is -2.40. The van der Waals surface area contributed by atoms with Crippen molar-refractivity contribution in [3.8, 4) is 5.69 Å². The van der Waals surface area contributed by atoms with E-state index >= 15 is 0 Å². The number of aromatic nitrogens is 5. The third-order valence-electron chi connectivity index (χ3n) is 5.60. The standard InChI is InChI=1S/C22H24N6O3S2/c1-2-27-20-9-8-18(33(29,30)26-10-12-31-13-11-26)14-19(20)24-21(27)15-32-22-25-23-16-28(22)17-6-4-3-5-7-17/h3-9,14,16H,2,10-13,15H2,1H3. The summed E-state index contributed by atoms with van der Waals surface area (Å²) >= 11 is 1.54. The molecule has 1 aliphatic heterocycles. The van der Waals surface area contributed by atoms with Crippen LogP contribution >= 0.6 is 11.8 Å². The fourth-order valence-corrected chi connectivity index (χ4v) is 6.24. The number of fused-ring (bicyclic) bond motifs is 1. The van der Waals surface area contributed by atoms with Gasteiger partial charge >= 0.3 is 0 Å². The van der Waals surface area contributed by atoms with Gasteiger partial charge in [-0.15, -0.1) is 10.2 Å². The Hall–Kier alpha value is -2.73. The van der Waals surface area contributed by atoms with Crippen LogP contribution in [0.3, 0.4) is 0 Å². The zero-order chi connectivity index (χ0) is 22.8. The summed E-state index contributed by atoms with van der Waals surface area (Å²) in [4.78, 5) is 5.05. The topological polar surface area (TPSA) is 95.1 Å². The monoisotopic (exact) mass is 484 g/mol. The summed E-state index contributed by atoms with van der Waals surface area (Å²) in [6, 6.07) is 15.1. The fraction of sp³-hybridized carbons (Fsp3) is 0.318. The Morgan fingerprint density at radius 2 is 1.88 bits per heavy atom. The van der Waals surface area contributed by atoms with Gasteiger partial charge in [0, 0.05) is 25.3 Å². The van der Waals surface area contributed by atoms with Gasteiger partial charge in [-0.2, -0.15) is 4.31 Å². The smallest absolute Gasteiger partial charge is 0.243 e. The lowest BCUT2D eigenvalue weighted by Gasteiger charge is -2.26. The van der Waals surface area contributed by atoms with E-state index in [-0.39, 0.29) is 4.90 Å². The van der Waals surface area contributed by atoms with Crippen molar-refractivity contribution >= 4 is 32.8 Å². The molecule has 0 amide bonds. The number of hydrogen-bond donors (Lipinski definition) is 0. The third kappa shape index (κ3) is 4.29. The van der Waals surface area contributed by atoms with Gasteiger partial charge in [-0.25, -0.2) is 13.4 Å². The molecule has 33 heavy (non-hydrogen) atoms. The Morgan fingerprint density at radius 1 is 1.09 bits per heavy atom. The van der Waals surface area contributed by atoms with E-state index in [4.69, 9.17) is 9.72 Å². The number of morpholine rings is 1. The summed E-state index contributed by atoms with van der Waals surface area (Å²) in [5, 5.41) is 9.09. The normalized spacial score (nSPS) is 15.3. The Kier molecular flexibility index (Phi) is 6.19. The first kappa shape index (κ1) is 22.1. The van der Waals surface area contributed by atoms with Crippen LogP contribution in [0.1, 0.15) is 12.7 Å². The second kappa shape index (κ2) is 9.26. The van der Waals surface area contributed by atoms with Crippen molar-refractivity contribution in [2.45, 2.75) is 29.3 Å². The number of sulfonamides is 1. The molecule has 0 spiro atoms. The van der Waals surface area contributed by atoms with Gasteiger partial charge in [-0.05, 0) is 37.3 Å². The van der Waals surface area contributed by atoms with Crippen LogP contribution in [0.5, 0.6) is 0 Å². The minimum atomic E-state index is -3.57. The molecule has 0 unspecified atom stereocenters. The molecule has 0 aliphatic carbocycles. The SMILES string of the molecule is CCn1c(CSc2nncn2-c2ccccc2)nc2cc(S(=O)(=O)N3CCOCC3)ccc21. The van der Waals surface area contributed by atoms with Gasteiger partial charge < -0.3 is 9.30 Å². The lowest BCUT2D eigenvalue weighted by molar-refractivity contribution is 0.0730. The first-order valence-corrected chi connectivity index (χ1v) is 13.2. The molecule has 11 heteroatoms. The highest BCUT2D eigenvalue weighted by Crippen LogP contribution is 2.27.